The third-order valence-corrected chi connectivity index (χ3v) is 5.83. The molecule has 0 aromatic carbocycles. The zero-order chi connectivity index (χ0) is 18.3. The van der Waals surface area contributed by atoms with Gasteiger partial charge in [0.25, 0.3) is 0 Å². The first-order chi connectivity index (χ1) is 10.9. The SMILES string of the molecule is CCCC.CCCCCC(C(C)C)C(C)CC(C)C(CC)CC. The molecule has 3 unspecified atom stereocenters. The minimum atomic E-state index is 0.848. The van der Waals surface area contributed by atoms with E-state index in [0.717, 1.165) is 29.6 Å². The predicted octanol–water partition coefficient (Wildman–Crippen LogP) is 8.74. The van der Waals surface area contributed by atoms with Crippen LogP contribution in [0.25, 0.3) is 0 Å². The standard InChI is InChI=1S/C19H40.C4H10/c1-8-11-12-13-19(15(4)5)17(7)14-16(6)18(9-2)10-3;1-3-4-2/h15-19H,8-14H2,1-7H3;3-4H2,1-2H3. The predicted molar refractivity (Wildman–Crippen MR) is 110 cm³/mol. The summed E-state index contributed by atoms with van der Waals surface area (Å²) in [5.41, 5.74) is 0. The Morgan fingerprint density at radius 3 is 1.48 bits per heavy atom. The van der Waals surface area contributed by atoms with E-state index in [2.05, 4.69) is 62.3 Å². The van der Waals surface area contributed by atoms with E-state index in [1.807, 2.05) is 0 Å². The van der Waals surface area contributed by atoms with Crippen LogP contribution in [0.2, 0.25) is 0 Å². The van der Waals surface area contributed by atoms with Gasteiger partial charge >= 0.3 is 0 Å². The second-order valence-corrected chi connectivity index (χ2v) is 8.17. The Morgan fingerprint density at radius 2 is 1.13 bits per heavy atom. The van der Waals surface area contributed by atoms with Crippen molar-refractivity contribution in [2.45, 2.75) is 120 Å². The zero-order valence-corrected chi connectivity index (χ0v) is 18.3. The Bertz CT molecular complexity index is 212. The summed E-state index contributed by atoms with van der Waals surface area (Å²) in [5, 5.41) is 0. The van der Waals surface area contributed by atoms with E-state index in [-0.39, 0.29) is 0 Å². The number of unbranched alkanes of at least 4 members (excludes halogenated alkanes) is 3. The van der Waals surface area contributed by atoms with Crippen LogP contribution in [-0.4, -0.2) is 0 Å². The summed E-state index contributed by atoms with van der Waals surface area (Å²) >= 11 is 0. The van der Waals surface area contributed by atoms with Gasteiger partial charge in [-0.2, -0.15) is 0 Å². The smallest absolute Gasteiger partial charge is 0.0365 e. The second kappa shape index (κ2) is 16.8. The van der Waals surface area contributed by atoms with E-state index in [1.165, 1.54) is 57.8 Å². The van der Waals surface area contributed by atoms with Gasteiger partial charge in [0.05, 0.1) is 0 Å². The Balaban J connectivity index is 0. The average Bonchev–Trinajstić information content (AvgIpc) is 2.52. The highest BCUT2D eigenvalue weighted by molar-refractivity contribution is 4.74. The highest BCUT2D eigenvalue weighted by atomic mass is 14.3. The van der Waals surface area contributed by atoms with Crippen LogP contribution in [-0.2, 0) is 0 Å². The Morgan fingerprint density at radius 1 is 0.609 bits per heavy atom. The van der Waals surface area contributed by atoms with Gasteiger partial charge in [0.15, 0.2) is 0 Å². The fourth-order valence-corrected chi connectivity index (χ4v) is 3.95. The first-order valence-corrected chi connectivity index (χ1v) is 10.9. The van der Waals surface area contributed by atoms with Crippen molar-refractivity contribution in [3.63, 3.8) is 0 Å². The third-order valence-electron chi connectivity index (χ3n) is 5.83. The van der Waals surface area contributed by atoms with Gasteiger partial charge in [0.1, 0.15) is 0 Å². The molecular weight excluding hydrogens is 276 g/mol. The summed E-state index contributed by atoms with van der Waals surface area (Å²) in [7, 11) is 0. The summed E-state index contributed by atoms with van der Waals surface area (Å²) in [6.07, 6.45) is 12.4. The van der Waals surface area contributed by atoms with Gasteiger partial charge in [-0.1, -0.05) is 107 Å². The molecule has 0 bridgehead atoms. The van der Waals surface area contributed by atoms with Crippen molar-refractivity contribution in [1.29, 1.82) is 0 Å². The van der Waals surface area contributed by atoms with Crippen molar-refractivity contribution in [1.82, 2.24) is 0 Å². The molecule has 0 saturated carbocycles. The summed E-state index contributed by atoms with van der Waals surface area (Å²) in [5.74, 6) is 4.51. The van der Waals surface area contributed by atoms with Gasteiger partial charge in [-0.25, -0.2) is 0 Å². The van der Waals surface area contributed by atoms with E-state index in [0.29, 0.717) is 0 Å². The van der Waals surface area contributed by atoms with Crippen LogP contribution in [0, 0.1) is 29.6 Å². The number of hydrogen-bond donors (Lipinski definition) is 0. The average molecular weight is 327 g/mol. The molecule has 0 aliphatic rings. The van der Waals surface area contributed by atoms with Crippen molar-refractivity contribution in [3.05, 3.63) is 0 Å². The van der Waals surface area contributed by atoms with Gasteiger partial charge in [-0.3, -0.25) is 0 Å². The summed E-state index contributed by atoms with van der Waals surface area (Å²) in [4.78, 5) is 0. The third kappa shape index (κ3) is 13.0. The lowest BCUT2D eigenvalue weighted by molar-refractivity contribution is 0.185. The fourth-order valence-electron chi connectivity index (χ4n) is 3.95. The summed E-state index contributed by atoms with van der Waals surface area (Å²) in [6, 6.07) is 0. The molecule has 3 atom stereocenters. The molecule has 0 aromatic heterocycles. The van der Waals surface area contributed by atoms with Crippen LogP contribution in [0.15, 0.2) is 0 Å². The lowest BCUT2D eigenvalue weighted by Crippen LogP contribution is -2.22. The molecule has 0 aromatic rings. The Hall–Kier alpha value is 0. The maximum absolute atomic E-state index is 2.51. The van der Waals surface area contributed by atoms with E-state index < -0.39 is 0 Å². The van der Waals surface area contributed by atoms with Crippen LogP contribution in [0.4, 0.5) is 0 Å². The molecular formula is C23H50. The summed E-state index contributed by atoms with van der Waals surface area (Å²) < 4.78 is 0. The van der Waals surface area contributed by atoms with Crippen molar-refractivity contribution < 1.29 is 0 Å². The van der Waals surface area contributed by atoms with E-state index in [4.69, 9.17) is 0 Å². The molecule has 0 rings (SSSR count). The number of hydrogen-bond acceptors (Lipinski definition) is 0. The van der Waals surface area contributed by atoms with Crippen LogP contribution in [0.3, 0.4) is 0 Å². The summed E-state index contributed by atoms with van der Waals surface area (Å²) in [6.45, 7) is 21.2. The molecule has 0 spiro atoms. The van der Waals surface area contributed by atoms with E-state index in [9.17, 15) is 0 Å². The van der Waals surface area contributed by atoms with Crippen LogP contribution in [0.5, 0.6) is 0 Å². The van der Waals surface area contributed by atoms with Gasteiger partial charge in [-0.05, 0) is 42.4 Å². The topological polar surface area (TPSA) is 0 Å². The molecule has 0 N–H and O–H groups in total. The Labute approximate surface area is 150 Å². The van der Waals surface area contributed by atoms with Crippen LogP contribution < -0.4 is 0 Å². The van der Waals surface area contributed by atoms with Crippen molar-refractivity contribution in [2.75, 3.05) is 0 Å². The first kappa shape index (κ1) is 25.2. The Kier molecular flexibility index (Phi) is 18.5. The molecule has 0 radical (unpaired) electrons. The quantitative estimate of drug-likeness (QED) is 0.314. The minimum absolute atomic E-state index is 0.848. The molecule has 0 aliphatic carbocycles. The lowest BCUT2D eigenvalue weighted by Gasteiger charge is -2.32. The van der Waals surface area contributed by atoms with Crippen LogP contribution >= 0.6 is 0 Å². The van der Waals surface area contributed by atoms with E-state index in [1.54, 1.807) is 0 Å². The highest BCUT2D eigenvalue weighted by Gasteiger charge is 2.24. The van der Waals surface area contributed by atoms with Gasteiger partial charge in [-0.15, -0.1) is 0 Å². The maximum Gasteiger partial charge on any atom is -0.0365 e. The van der Waals surface area contributed by atoms with Gasteiger partial charge in [0.2, 0.25) is 0 Å². The molecule has 0 saturated heterocycles. The highest BCUT2D eigenvalue weighted by Crippen LogP contribution is 2.34. The van der Waals surface area contributed by atoms with Crippen molar-refractivity contribution >= 4 is 0 Å². The largest absolute Gasteiger partial charge is 0.0654 e. The molecule has 0 heterocycles. The fraction of sp³-hybridized carbons (Fsp3) is 1.00. The minimum Gasteiger partial charge on any atom is -0.0654 e. The normalized spacial score (nSPS) is 15.3. The second-order valence-electron chi connectivity index (χ2n) is 8.17. The monoisotopic (exact) mass is 326 g/mol. The molecule has 0 fully saturated rings. The maximum atomic E-state index is 2.51. The van der Waals surface area contributed by atoms with Crippen molar-refractivity contribution in [3.8, 4) is 0 Å². The molecule has 23 heavy (non-hydrogen) atoms. The van der Waals surface area contributed by atoms with E-state index >= 15 is 0 Å². The molecule has 0 nitrogen and oxygen atoms in total. The lowest BCUT2D eigenvalue weighted by atomic mass is 9.74. The molecule has 0 aliphatic heterocycles. The molecule has 0 amide bonds. The zero-order valence-electron chi connectivity index (χ0n) is 18.3. The molecule has 0 heteroatoms. The van der Waals surface area contributed by atoms with Crippen LogP contribution in [0.1, 0.15) is 120 Å². The van der Waals surface area contributed by atoms with Crippen molar-refractivity contribution in [2.24, 2.45) is 29.6 Å². The van der Waals surface area contributed by atoms with Gasteiger partial charge in [0, 0.05) is 0 Å². The van der Waals surface area contributed by atoms with Gasteiger partial charge < -0.3 is 0 Å². The molecule has 142 valence electrons. The number of rotatable bonds is 12. The first-order valence-electron chi connectivity index (χ1n) is 10.9.